The van der Waals surface area contributed by atoms with Gasteiger partial charge in [0.25, 0.3) is 0 Å². The van der Waals surface area contributed by atoms with Gasteiger partial charge >= 0.3 is 0 Å². The van der Waals surface area contributed by atoms with Gasteiger partial charge in [0.2, 0.25) is 0 Å². The largest absolute Gasteiger partial charge is 0.456 e. The first-order valence-corrected chi connectivity index (χ1v) is 21.2. The third-order valence-corrected chi connectivity index (χ3v) is 15.1. The molecule has 272 valence electrons. The fraction of sp³-hybridized carbons (Fsp3) is 0.0909. The number of hydrogen-bond acceptors (Lipinski definition) is 2. The van der Waals surface area contributed by atoms with Crippen molar-refractivity contribution < 1.29 is 4.42 Å². The van der Waals surface area contributed by atoms with Crippen LogP contribution >= 0.6 is 11.3 Å². The average Bonchev–Trinajstić information content (AvgIpc) is 4.04. The number of fused-ring (bicyclic) bond motifs is 15. The zero-order valence-corrected chi connectivity index (χ0v) is 32.8. The molecular weight excluding hydrogens is 723 g/mol. The van der Waals surface area contributed by atoms with Crippen LogP contribution in [-0.2, 0) is 5.41 Å². The van der Waals surface area contributed by atoms with Gasteiger partial charge in [0.15, 0.2) is 0 Å². The Kier molecular flexibility index (Phi) is 5.86. The number of rotatable bonds is 2. The second-order valence-electron chi connectivity index (χ2n) is 17.2. The van der Waals surface area contributed by atoms with Crippen molar-refractivity contribution in [1.29, 1.82) is 0 Å². The van der Waals surface area contributed by atoms with Gasteiger partial charge in [-0.25, -0.2) is 0 Å². The smallest absolute Gasteiger partial charge is 0.135 e. The Labute approximate surface area is 339 Å². The Bertz CT molecular complexity index is 3670. The van der Waals surface area contributed by atoms with Gasteiger partial charge in [-0.15, -0.1) is 11.3 Å². The topological polar surface area (TPSA) is 18.1 Å². The van der Waals surface area contributed by atoms with E-state index in [1.54, 1.807) is 0 Å². The average molecular weight is 758 g/mol. The number of aromatic nitrogens is 1. The van der Waals surface area contributed by atoms with E-state index >= 15 is 0 Å². The summed E-state index contributed by atoms with van der Waals surface area (Å²) in [5.41, 5.74) is 19.1. The van der Waals surface area contributed by atoms with Crippen molar-refractivity contribution in [3.8, 4) is 16.8 Å². The number of thiophene rings is 1. The quantitative estimate of drug-likeness (QED) is 0.172. The molecule has 0 fully saturated rings. The highest BCUT2D eigenvalue weighted by Gasteiger charge is 2.41. The molecule has 0 saturated heterocycles. The molecule has 0 bridgehead atoms. The normalized spacial score (nSPS) is 18.6. The number of nitrogens with zero attached hydrogens (tertiary/aromatic N) is 1. The maximum absolute atomic E-state index is 6.40. The summed E-state index contributed by atoms with van der Waals surface area (Å²) in [5, 5.41) is 7.56. The van der Waals surface area contributed by atoms with Gasteiger partial charge < -0.3 is 8.98 Å². The zero-order valence-electron chi connectivity index (χ0n) is 32.0. The second kappa shape index (κ2) is 10.8. The lowest BCUT2D eigenvalue weighted by atomic mass is 9.72. The van der Waals surface area contributed by atoms with Crippen LogP contribution in [-0.4, -0.2) is 4.57 Å². The van der Waals surface area contributed by atoms with Gasteiger partial charge in [-0.3, -0.25) is 0 Å². The van der Waals surface area contributed by atoms with Crippen molar-refractivity contribution in [2.75, 3.05) is 0 Å². The Hall–Kier alpha value is -6.68. The molecule has 3 heteroatoms. The lowest BCUT2D eigenvalue weighted by molar-refractivity contribution is 0.647. The minimum absolute atomic E-state index is 0.188. The minimum Gasteiger partial charge on any atom is -0.456 e. The molecule has 0 radical (unpaired) electrons. The van der Waals surface area contributed by atoms with Crippen LogP contribution in [0, 0.1) is 11.8 Å². The summed E-state index contributed by atoms with van der Waals surface area (Å²) in [6.07, 6.45) is 11.8. The summed E-state index contributed by atoms with van der Waals surface area (Å²) in [7, 11) is 0. The van der Waals surface area contributed by atoms with Gasteiger partial charge in [-0.05, 0) is 122 Å². The molecule has 2 atom stereocenters. The van der Waals surface area contributed by atoms with Crippen molar-refractivity contribution in [2.24, 2.45) is 11.8 Å². The number of hydrogen-bond donors (Lipinski definition) is 0. The number of furan rings is 1. The third-order valence-electron chi connectivity index (χ3n) is 14.0. The third kappa shape index (κ3) is 3.92. The number of benzene rings is 7. The highest BCUT2D eigenvalue weighted by molar-refractivity contribution is 7.25. The Balaban J connectivity index is 0.940. The molecule has 2 unspecified atom stereocenters. The summed E-state index contributed by atoms with van der Waals surface area (Å²) < 4.78 is 11.6. The van der Waals surface area contributed by atoms with E-state index in [9.17, 15) is 0 Å². The Morgan fingerprint density at radius 1 is 0.517 bits per heavy atom. The fourth-order valence-electron chi connectivity index (χ4n) is 11.3. The van der Waals surface area contributed by atoms with Crippen LogP contribution in [0.25, 0.3) is 97.5 Å². The molecule has 3 heterocycles. The van der Waals surface area contributed by atoms with Crippen LogP contribution in [0.4, 0.5) is 0 Å². The van der Waals surface area contributed by atoms with E-state index in [-0.39, 0.29) is 5.41 Å². The summed E-state index contributed by atoms with van der Waals surface area (Å²) in [4.78, 5) is 0. The molecule has 2 nitrogen and oxygen atoms in total. The predicted molar refractivity (Wildman–Crippen MR) is 245 cm³/mol. The standard InChI is InChI=1S/C55H35NOS/c1-55(2)46-28-49-42(26-40(46)41-27-43-36-13-6-8-17-50(36)57-51(43)29-47(41)55)35-12-5-7-16-48(35)56(49)31-19-23-53-45(25-31)44-24-30(18-22-52(44)58-53)32-20-21-39-34-11-4-3-10-33(34)38-15-9-14-37(32)54(38)39/h3-29,37,54H,1-2H3. The predicted octanol–water partition coefficient (Wildman–Crippen LogP) is 15.0. The minimum atomic E-state index is -0.188. The molecule has 0 amide bonds. The van der Waals surface area contributed by atoms with E-state index in [1.807, 2.05) is 11.3 Å². The molecular formula is C55H35NOS. The summed E-state index contributed by atoms with van der Waals surface area (Å²) >= 11 is 1.90. The lowest BCUT2D eigenvalue weighted by Crippen LogP contribution is -2.18. The molecule has 14 rings (SSSR count). The van der Waals surface area contributed by atoms with Crippen LogP contribution in [0.1, 0.15) is 41.7 Å². The lowest BCUT2D eigenvalue weighted by Gasteiger charge is -2.31. The van der Waals surface area contributed by atoms with E-state index in [2.05, 4.69) is 182 Å². The van der Waals surface area contributed by atoms with Gasteiger partial charge in [0.05, 0.1) is 11.0 Å². The molecule has 10 aromatic rings. The van der Waals surface area contributed by atoms with Crippen molar-refractivity contribution in [1.82, 2.24) is 4.57 Å². The number of para-hydroxylation sites is 2. The molecule has 0 saturated carbocycles. The van der Waals surface area contributed by atoms with Gasteiger partial charge in [0.1, 0.15) is 11.2 Å². The molecule has 0 N–H and O–H groups in total. The van der Waals surface area contributed by atoms with Crippen molar-refractivity contribution in [3.05, 3.63) is 192 Å². The molecule has 58 heavy (non-hydrogen) atoms. The van der Waals surface area contributed by atoms with Crippen molar-refractivity contribution >= 4 is 92.0 Å². The van der Waals surface area contributed by atoms with Gasteiger partial charge in [-0.1, -0.05) is 111 Å². The maximum Gasteiger partial charge on any atom is 0.135 e. The fourth-order valence-corrected chi connectivity index (χ4v) is 12.4. The van der Waals surface area contributed by atoms with Crippen LogP contribution in [0.5, 0.6) is 0 Å². The van der Waals surface area contributed by atoms with Crippen molar-refractivity contribution in [3.63, 3.8) is 0 Å². The Morgan fingerprint density at radius 2 is 1.21 bits per heavy atom. The zero-order chi connectivity index (χ0) is 38.0. The molecule has 4 aliphatic carbocycles. The van der Waals surface area contributed by atoms with Crippen LogP contribution < -0.4 is 0 Å². The summed E-state index contributed by atoms with van der Waals surface area (Å²) in [6, 6.07) is 50.2. The van der Waals surface area contributed by atoms with Crippen LogP contribution in [0.2, 0.25) is 0 Å². The highest BCUT2D eigenvalue weighted by Crippen LogP contribution is 2.57. The molecule has 3 aromatic heterocycles. The molecule has 0 aliphatic heterocycles. The van der Waals surface area contributed by atoms with E-state index in [0.29, 0.717) is 11.8 Å². The molecule has 4 aliphatic rings. The molecule has 0 spiro atoms. The Morgan fingerprint density at radius 3 is 2.07 bits per heavy atom. The maximum atomic E-state index is 6.40. The summed E-state index contributed by atoms with van der Waals surface area (Å²) in [6.45, 7) is 4.74. The van der Waals surface area contributed by atoms with E-state index in [0.717, 1.165) is 11.2 Å². The first kappa shape index (κ1) is 31.4. The van der Waals surface area contributed by atoms with Crippen LogP contribution in [0.3, 0.4) is 0 Å². The highest BCUT2D eigenvalue weighted by atomic mass is 32.1. The SMILES string of the molecule is CC1(C)c2cc3oc4ccccc4c3cc2-c2cc3c4ccccc4n(-c4ccc5sc6ccc(C7=CC=C8c9ccccc9C9=CC=CC7C98)cc6c5c4)c3cc21. The summed E-state index contributed by atoms with van der Waals surface area (Å²) in [5.74, 6) is 0.703. The van der Waals surface area contributed by atoms with Crippen LogP contribution in [0.15, 0.2) is 168 Å². The van der Waals surface area contributed by atoms with E-state index < -0.39 is 0 Å². The first-order valence-electron chi connectivity index (χ1n) is 20.4. The number of allylic oxidation sites excluding steroid dienone is 8. The first-order chi connectivity index (χ1) is 28.5. The van der Waals surface area contributed by atoms with E-state index in [4.69, 9.17) is 4.42 Å². The second-order valence-corrected chi connectivity index (χ2v) is 18.3. The van der Waals surface area contributed by atoms with Gasteiger partial charge in [0, 0.05) is 64.7 Å². The van der Waals surface area contributed by atoms with Crippen molar-refractivity contribution in [2.45, 2.75) is 19.3 Å². The van der Waals surface area contributed by atoms with E-state index in [1.165, 1.54) is 114 Å². The molecule has 7 aromatic carbocycles. The van der Waals surface area contributed by atoms with Gasteiger partial charge in [-0.2, -0.15) is 0 Å². The monoisotopic (exact) mass is 757 g/mol.